The molecule has 3 rings (SSSR count). The molecule has 7 heteroatoms. The normalized spacial score (nSPS) is 21.7. The zero-order chi connectivity index (χ0) is 19.6. The van der Waals surface area contributed by atoms with Crippen LogP contribution in [0.2, 0.25) is 0 Å². The Bertz CT molecular complexity index is 600. The van der Waals surface area contributed by atoms with Crippen LogP contribution in [0.25, 0.3) is 0 Å². The van der Waals surface area contributed by atoms with Gasteiger partial charge in [-0.25, -0.2) is 0 Å². The second kappa shape index (κ2) is 13.4. The summed E-state index contributed by atoms with van der Waals surface area (Å²) in [5.41, 5.74) is 1.24. The Morgan fingerprint density at radius 1 is 1.14 bits per heavy atom. The number of nitrogens with one attached hydrogen (secondary N) is 1. The second-order valence-corrected chi connectivity index (χ2v) is 8.07. The molecular weight excluding hydrogens is 477 g/mol. The van der Waals surface area contributed by atoms with Gasteiger partial charge in [-0.3, -0.25) is 4.99 Å². The van der Waals surface area contributed by atoms with Crippen molar-refractivity contribution in [3.05, 3.63) is 35.9 Å². The Labute approximate surface area is 193 Å². The van der Waals surface area contributed by atoms with Crippen molar-refractivity contribution in [3.8, 4) is 0 Å². The van der Waals surface area contributed by atoms with Crippen molar-refractivity contribution < 1.29 is 4.74 Å². The van der Waals surface area contributed by atoms with E-state index in [4.69, 9.17) is 4.74 Å². The van der Waals surface area contributed by atoms with E-state index < -0.39 is 0 Å². The molecule has 1 aromatic carbocycles. The van der Waals surface area contributed by atoms with Crippen molar-refractivity contribution in [3.63, 3.8) is 0 Å². The standard InChI is InChI=1S/C22H37N5O.HI/c1-23-22(24-10-14-26-12-6-11-25(2)15-16-26)27-13-9-21(17-27)19-28-18-20-7-4-3-5-8-20;/h3-5,7-8,21H,6,9-19H2,1-2H3,(H,23,24);1H. The van der Waals surface area contributed by atoms with Crippen LogP contribution in [0.1, 0.15) is 18.4 Å². The van der Waals surface area contributed by atoms with Crippen LogP contribution < -0.4 is 5.32 Å². The van der Waals surface area contributed by atoms with Crippen molar-refractivity contribution in [2.75, 3.05) is 73.1 Å². The molecule has 1 aromatic rings. The predicted octanol–water partition coefficient (Wildman–Crippen LogP) is 2.36. The van der Waals surface area contributed by atoms with Crippen molar-refractivity contribution in [2.45, 2.75) is 19.4 Å². The van der Waals surface area contributed by atoms with Crippen LogP contribution in [-0.2, 0) is 11.3 Å². The lowest BCUT2D eigenvalue weighted by Gasteiger charge is -2.24. The molecule has 1 atom stereocenters. The van der Waals surface area contributed by atoms with Gasteiger partial charge in [-0.1, -0.05) is 30.3 Å². The Balaban J connectivity index is 0.00000300. The van der Waals surface area contributed by atoms with E-state index in [0.717, 1.165) is 38.7 Å². The van der Waals surface area contributed by atoms with Crippen LogP contribution in [0.3, 0.4) is 0 Å². The summed E-state index contributed by atoms with van der Waals surface area (Å²) in [6.45, 7) is 10.4. The third kappa shape index (κ3) is 8.39. The summed E-state index contributed by atoms with van der Waals surface area (Å²) in [6, 6.07) is 10.4. The molecule has 0 spiro atoms. The first-order chi connectivity index (χ1) is 13.7. The van der Waals surface area contributed by atoms with Gasteiger partial charge >= 0.3 is 0 Å². The highest BCUT2D eigenvalue weighted by atomic mass is 127. The summed E-state index contributed by atoms with van der Waals surface area (Å²) in [5, 5.41) is 3.57. The molecule has 0 aromatic heterocycles. The van der Waals surface area contributed by atoms with E-state index in [1.165, 1.54) is 44.6 Å². The maximum atomic E-state index is 5.95. The van der Waals surface area contributed by atoms with E-state index in [-0.39, 0.29) is 24.0 Å². The lowest BCUT2D eigenvalue weighted by molar-refractivity contribution is 0.0906. The minimum atomic E-state index is 0. The summed E-state index contributed by atoms with van der Waals surface area (Å²) in [6.07, 6.45) is 2.44. The fraction of sp³-hybridized carbons (Fsp3) is 0.682. The number of aliphatic imine (C=N–C) groups is 1. The summed E-state index contributed by atoms with van der Waals surface area (Å²) >= 11 is 0. The third-order valence-corrected chi connectivity index (χ3v) is 5.79. The molecule has 2 aliphatic heterocycles. The molecule has 2 heterocycles. The van der Waals surface area contributed by atoms with Gasteiger partial charge in [0.05, 0.1) is 13.2 Å². The number of halogens is 1. The van der Waals surface area contributed by atoms with Crippen molar-refractivity contribution in [1.82, 2.24) is 20.0 Å². The molecule has 0 bridgehead atoms. The van der Waals surface area contributed by atoms with Crippen molar-refractivity contribution >= 4 is 29.9 Å². The average Bonchev–Trinajstić information content (AvgIpc) is 3.08. The molecule has 29 heavy (non-hydrogen) atoms. The van der Waals surface area contributed by atoms with E-state index >= 15 is 0 Å². The molecule has 2 saturated heterocycles. The molecule has 0 aliphatic carbocycles. The van der Waals surface area contributed by atoms with Crippen molar-refractivity contribution in [2.24, 2.45) is 10.9 Å². The molecule has 1 unspecified atom stereocenters. The summed E-state index contributed by atoms with van der Waals surface area (Å²) < 4.78 is 5.95. The Morgan fingerprint density at radius 3 is 2.76 bits per heavy atom. The zero-order valence-corrected chi connectivity index (χ0v) is 20.4. The van der Waals surface area contributed by atoms with Gasteiger partial charge in [-0.2, -0.15) is 0 Å². The fourth-order valence-corrected chi connectivity index (χ4v) is 4.06. The van der Waals surface area contributed by atoms with Crippen LogP contribution in [0.5, 0.6) is 0 Å². The van der Waals surface area contributed by atoms with Gasteiger partial charge < -0.3 is 24.8 Å². The SMILES string of the molecule is CN=C(NCCN1CCCN(C)CC1)N1CCC(COCc2ccccc2)C1.I. The number of likely N-dealkylation sites (tertiary alicyclic amines) is 1. The molecule has 0 amide bonds. The van der Waals surface area contributed by atoms with Gasteiger partial charge in [0.1, 0.15) is 0 Å². The lowest BCUT2D eigenvalue weighted by Crippen LogP contribution is -2.44. The lowest BCUT2D eigenvalue weighted by atomic mass is 10.1. The fourth-order valence-electron chi connectivity index (χ4n) is 4.06. The first-order valence-corrected chi connectivity index (χ1v) is 10.7. The van der Waals surface area contributed by atoms with Gasteiger partial charge in [0.2, 0.25) is 0 Å². The highest BCUT2D eigenvalue weighted by Crippen LogP contribution is 2.17. The maximum Gasteiger partial charge on any atom is 0.193 e. The topological polar surface area (TPSA) is 43.3 Å². The number of benzene rings is 1. The largest absolute Gasteiger partial charge is 0.376 e. The molecule has 164 valence electrons. The van der Waals surface area contributed by atoms with Gasteiger partial charge in [-0.05, 0) is 38.5 Å². The number of likely N-dealkylation sites (N-methyl/N-ethyl adjacent to an activating group) is 1. The molecule has 0 saturated carbocycles. The maximum absolute atomic E-state index is 5.95. The Hall–Kier alpha value is -0.900. The quantitative estimate of drug-likeness (QED) is 0.343. The van der Waals surface area contributed by atoms with Crippen LogP contribution in [0.15, 0.2) is 35.3 Å². The molecule has 1 N–H and O–H groups in total. The number of rotatable bonds is 7. The predicted molar refractivity (Wildman–Crippen MR) is 131 cm³/mol. The number of ether oxygens (including phenoxy) is 1. The molecule has 2 fully saturated rings. The summed E-state index contributed by atoms with van der Waals surface area (Å²) in [4.78, 5) is 11.9. The Kier molecular flexibility index (Phi) is 11.3. The smallest absolute Gasteiger partial charge is 0.193 e. The van der Waals surface area contributed by atoms with Gasteiger partial charge in [0.15, 0.2) is 5.96 Å². The highest BCUT2D eigenvalue weighted by molar-refractivity contribution is 14.0. The van der Waals surface area contributed by atoms with Crippen LogP contribution >= 0.6 is 24.0 Å². The number of nitrogens with zero attached hydrogens (tertiary/aromatic N) is 4. The van der Waals surface area contributed by atoms with Gasteiger partial charge in [0.25, 0.3) is 0 Å². The average molecular weight is 515 g/mol. The Morgan fingerprint density at radius 2 is 1.97 bits per heavy atom. The number of guanidine groups is 1. The van der Waals surface area contributed by atoms with Gasteiger partial charge in [-0.15, -0.1) is 24.0 Å². The zero-order valence-electron chi connectivity index (χ0n) is 18.1. The second-order valence-electron chi connectivity index (χ2n) is 8.07. The first-order valence-electron chi connectivity index (χ1n) is 10.7. The summed E-state index contributed by atoms with van der Waals surface area (Å²) in [5.74, 6) is 1.63. The van der Waals surface area contributed by atoms with Crippen LogP contribution in [-0.4, -0.2) is 93.7 Å². The summed E-state index contributed by atoms with van der Waals surface area (Å²) in [7, 11) is 4.11. The van der Waals surface area contributed by atoms with E-state index in [0.29, 0.717) is 12.5 Å². The highest BCUT2D eigenvalue weighted by Gasteiger charge is 2.25. The van der Waals surface area contributed by atoms with E-state index in [1.807, 2.05) is 13.1 Å². The van der Waals surface area contributed by atoms with E-state index in [2.05, 4.69) is 56.3 Å². The number of hydrogen-bond acceptors (Lipinski definition) is 4. The minimum absolute atomic E-state index is 0. The third-order valence-electron chi connectivity index (χ3n) is 5.79. The van der Waals surface area contributed by atoms with Crippen molar-refractivity contribution in [1.29, 1.82) is 0 Å². The monoisotopic (exact) mass is 515 g/mol. The number of hydrogen-bond donors (Lipinski definition) is 1. The molecule has 2 aliphatic rings. The molecular formula is C22H38IN5O. The first kappa shape index (κ1) is 24.4. The van der Waals surface area contributed by atoms with E-state index in [1.54, 1.807) is 0 Å². The van der Waals surface area contributed by atoms with E-state index in [9.17, 15) is 0 Å². The van der Waals surface area contributed by atoms with Crippen LogP contribution in [0.4, 0.5) is 0 Å². The molecule has 6 nitrogen and oxygen atoms in total. The minimum Gasteiger partial charge on any atom is -0.376 e. The molecule has 0 radical (unpaired) electrons. The van der Waals surface area contributed by atoms with Gasteiger partial charge in [0, 0.05) is 52.2 Å². The van der Waals surface area contributed by atoms with Crippen LogP contribution in [0, 0.1) is 5.92 Å².